The zero-order valence-corrected chi connectivity index (χ0v) is 17.5. The molecular weight excluding hydrogens is 394 g/mol. The Balaban J connectivity index is 1.50. The molecule has 3 rings (SSSR count). The second-order valence-electron chi connectivity index (χ2n) is 6.54. The lowest BCUT2D eigenvalue weighted by atomic mass is 10.1. The Hall–Kier alpha value is -2.52. The highest BCUT2D eigenvalue weighted by Crippen LogP contribution is 2.25. The molecule has 1 aliphatic rings. The third kappa shape index (κ3) is 4.85. The van der Waals surface area contributed by atoms with Gasteiger partial charge >= 0.3 is 0 Å². The zero-order chi connectivity index (χ0) is 20.1. The van der Waals surface area contributed by atoms with E-state index in [1.54, 1.807) is 10.3 Å². The van der Waals surface area contributed by atoms with Crippen LogP contribution in [-0.2, 0) is 22.4 Å². The number of para-hydroxylation sites is 1. The second kappa shape index (κ2) is 9.11. The molecule has 7 nitrogen and oxygen atoms in total. The number of anilines is 2. The van der Waals surface area contributed by atoms with E-state index in [-0.39, 0.29) is 18.2 Å². The summed E-state index contributed by atoms with van der Waals surface area (Å²) in [5, 5.41) is 5.92. The number of carbonyl (C=O) groups is 2. The lowest BCUT2D eigenvalue weighted by Gasteiger charge is -2.16. The number of hydrogen-bond acceptors (Lipinski definition) is 5. The van der Waals surface area contributed by atoms with Crippen molar-refractivity contribution < 1.29 is 9.59 Å². The van der Waals surface area contributed by atoms with E-state index in [1.807, 2.05) is 25.1 Å². The summed E-state index contributed by atoms with van der Waals surface area (Å²) in [6.07, 6.45) is 2.40. The molecule has 1 fully saturated rings. The molecular formula is C19H23N5O2S2. The number of amides is 2. The van der Waals surface area contributed by atoms with Crippen LogP contribution in [0, 0.1) is 6.92 Å². The Kier molecular flexibility index (Phi) is 6.58. The number of hydrogen-bond donors (Lipinski definition) is 3. The quantitative estimate of drug-likeness (QED) is 0.512. The summed E-state index contributed by atoms with van der Waals surface area (Å²) in [6.45, 7) is 4.78. The zero-order valence-electron chi connectivity index (χ0n) is 15.9. The van der Waals surface area contributed by atoms with Gasteiger partial charge in [-0.1, -0.05) is 25.1 Å². The van der Waals surface area contributed by atoms with Crippen LogP contribution in [0.1, 0.15) is 36.6 Å². The molecule has 0 bridgehead atoms. The first kappa shape index (κ1) is 20.2. The number of thiocarbonyl (C=S) groups is 1. The fourth-order valence-electron chi connectivity index (χ4n) is 3.03. The minimum Gasteiger partial charge on any atom is -0.331 e. The summed E-state index contributed by atoms with van der Waals surface area (Å²) in [6, 6.07) is 6.06. The number of hydrazine groups is 1. The molecule has 148 valence electrons. The van der Waals surface area contributed by atoms with E-state index in [2.05, 4.69) is 28.1 Å². The summed E-state index contributed by atoms with van der Waals surface area (Å²) < 4.78 is 0. The number of aryl methyl sites for hydroxylation is 2. The number of benzene rings is 1. The van der Waals surface area contributed by atoms with Crippen LogP contribution in [0.5, 0.6) is 0 Å². The molecule has 1 aromatic heterocycles. The molecule has 9 heteroatoms. The van der Waals surface area contributed by atoms with Crippen molar-refractivity contribution in [3.05, 3.63) is 40.4 Å². The molecule has 1 saturated heterocycles. The lowest BCUT2D eigenvalue weighted by molar-refractivity contribution is -0.121. The average molecular weight is 418 g/mol. The average Bonchev–Trinajstić information content (AvgIpc) is 3.30. The number of nitrogens with zero attached hydrogens (tertiary/aromatic N) is 2. The highest BCUT2D eigenvalue weighted by molar-refractivity contribution is 7.80. The number of thiazole rings is 1. The van der Waals surface area contributed by atoms with E-state index in [9.17, 15) is 9.59 Å². The van der Waals surface area contributed by atoms with Crippen molar-refractivity contribution in [2.24, 2.45) is 0 Å². The van der Waals surface area contributed by atoms with Gasteiger partial charge in [0.1, 0.15) is 0 Å². The Morgan fingerprint density at radius 3 is 2.89 bits per heavy atom. The van der Waals surface area contributed by atoms with Gasteiger partial charge in [-0.2, -0.15) is 0 Å². The summed E-state index contributed by atoms with van der Waals surface area (Å²) in [5.74, 6) is -0.166. The molecule has 0 spiro atoms. The maximum absolute atomic E-state index is 12.2. The minimum atomic E-state index is -0.255. The fraction of sp³-hybridized carbons (Fsp3) is 0.368. The smallest absolute Gasteiger partial charge is 0.244 e. The summed E-state index contributed by atoms with van der Waals surface area (Å²) >= 11 is 6.66. The topological polar surface area (TPSA) is 86.4 Å². The van der Waals surface area contributed by atoms with Gasteiger partial charge in [0.05, 0.1) is 12.1 Å². The van der Waals surface area contributed by atoms with Crippen LogP contribution in [0.3, 0.4) is 0 Å². The van der Waals surface area contributed by atoms with E-state index in [4.69, 9.17) is 12.2 Å². The SMILES string of the molecule is CCc1cccc(C)c1NC(=S)NNC(=O)Cc1csc(N2CCCC2=O)n1. The van der Waals surface area contributed by atoms with Gasteiger partial charge in [0, 0.05) is 24.0 Å². The van der Waals surface area contributed by atoms with E-state index >= 15 is 0 Å². The van der Waals surface area contributed by atoms with Crippen molar-refractivity contribution in [1.82, 2.24) is 15.8 Å². The molecule has 3 N–H and O–H groups in total. The molecule has 0 unspecified atom stereocenters. The first-order valence-corrected chi connectivity index (χ1v) is 10.5. The van der Waals surface area contributed by atoms with E-state index in [1.165, 1.54) is 11.3 Å². The third-order valence-corrected chi connectivity index (χ3v) is 5.60. The van der Waals surface area contributed by atoms with Crippen LogP contribution in [-0.4, -0.2) is 28.5 Å². The van der Waals surface area contributed by atoms with Crippen molar-refractivity contribution in [2.75, 3.05) is 16.8 Å². The van der Waals surface area contributed by atoms with Crippen molar-refractivity contribution in [2.45, 2.75) is 39.5 Å². The van der Waals surface area contributed by atoms with Gasteiger partial charge < -0.3 is 5.32 Å². The largest absolute Gasteiger partial charge is 0.331 e. The number of carbonyl (C=O) groups excluding carboxylic acids is 2. The Labute approximate surface area is 173 Å². The molecule has 0 atom stereocenters. The predicted octanol–water partition coefficient (Wildman–Crippen LogP) is 2.70. The van der Waals surface area contributed by atoms with Crippen LogP contribution >= 0.6 is 23.6 Å². The van der Waals surface area contributed by atoms with Crippen LogP contribution in [0.4, 0.5) is 10.8 Å². The highest BCUT2D eigenvalue weighted by atomic mass is 32.1. The molecule has 2 heterocycles. The maximum atomic E-state index is 12.2. The highest BCUT2D eigenvalue weighted by Gasteiger charge is 2.24. The van der Waals surface area contributed by atoms with Crippen LogP contribution in [0.25, 0.3) is 0 Å². The van der Waals surface area contributed by atoms with E-state index in [0.29, 0.717) is 28.9 Å². The van der Waals surface area contributed by atoms with Crippen molar-refractivity contribution in [3.8, 4) is 0 Å². The molecule has 2 amide bonds. The fourth-order valence-corrected chi connectivity index (χ4v) is 4.05. The number of aromatic nitrogens is 1. The molecule has 2 aromatic rings. The van der Waals surface area contributed by atoms with E-state index < -0.39 is 0 Å². The van der Waals surface area contributed by atoms with Gasteiger partial charge in [0.2, 0.25) is 11.8 Å². The molecule has 0 radical (unpaired) electrons. The van der Waals surface area contributed by atoms with Crippen LogP contribution < -0.4 is 21.1 Å². The normalized spacial score (nSPS) is 13.5. The molecule has 1 aliphatic heterocycles. The molecule has 0 saturated carbocycles. The second-order valence-corrected chi connectivity index (χ2v) is 7.78. The van der Waals surface area contributed by atoms with Crippen molar-refractivity contribution in [1.29, 1.82) is 0 Å². The standard InChI is InChI=1S/C19H23N5O2S2/c1-3-13-7-4-6-12(2)17(13)21-18(27)23-22-15(25)10-14-11-28-19(20-14)24-9-5-8-16(24)26/h4,6-7,11H,3,5,8-10H2,1-2H3,(H,22,25)(H2,21,23,27). The molecule has 28 heavy (non-hydrogen) atoms. The van der Waals surface area contributed by atoms with Crippen LogP contribution in [0.2, 0.25) is 0 Å². The predicted molar refractivity (Wildman–Crippen MR) is 115 cm³/mol. The first-order valence-electron chi connectivity index (χ1n) is 9.17. The maximum Gasteiger partial charge on any atom is 0.244 e. The molecule has 0 aliphatic carbocycles. The first-order chi connectivity index (χ1) is 13.5. The van der Waals surface area contributed by atoms with Crippen LogP contribution in [0.15, 0.2) is 23.6 Å². The Morgan fingerprint density at radius 1 is 1.36 bits per heavy atom. The summed E-state index contributed by atoms with van der Waals surface area (Å²) in [7, 11) is 0. The Morgan fingerprint density at radius 2 is 2.18 bits per heavy atom. The van der Waals surface area contributed by atoms with Gasteiger partial charge in [0.15, 0.2) is 10.2 Å². The Bertz CT molecular complexity index is 896. The van der Waals surface area contributed by atoms with Gasteiger partial charge in [0.25, 0.3) is 0 Å². The van der Waals surface area contributed by atoms with Gasteiger partial charge in [-0.25, -0.2) is 4.98 Å². The number of rotatable bonds is 5. The third-order valence-electron chi connectivity index (χ3n) is 4.48. The molecule has 1 aromatic carbocycles. The van der Waals surface area contributed by atoms with Crippen molar-refractivity contribution >= 4 is 51.3 Å². The van der Waals surface area contributed by atoms with Gasteiger partial charge in [-0.15, -0.1) is 11.3 Å². The lowest BCUT2D eigenvalue weighted by Crippen LogP contribution is -2.44. The summed E-state index contributed by atoms with van der Waals surface area (Å²) in [4.78, 5) is 30.0. The summed E-state index contributed by atoms with van der Waals surface area (Å²) in [5.41, 5.74) is 9.14. The van der Waals surface area contributed by atoms with Gasteiger partial charge in [-0.3, -0.25) is 25.3 Å². The monoisotopic (exact) mass is 417 g/mol. The minimum absolute atomic E-state index is 0.0890. The van der Waals surface area contributed by atoms with E-state index in [0.717, 1.165) is 29.7 Å². The number of nitrogens with one attached hydrogen (secondary N) is 3. The van der Waals surface area contributed by atoms with Gasteiger partial charge in [-0.05, 0) is 43.1 Å². The van der Waals surface area contributed by atoms with Crippen molar-refractivity contribution in [3.63, 3.8) is 0 Å².